The Bertz CT molecular complexity index is 1530. The van der Waals surface area contributed by atoms with Crippen LogP contribution in [0.4, 0.5) is 0 Å². The number of aryl methyl sites for hydroxylation is 1. The number of nitrogens with zero attached hydrogens (tertiary/aromatic N) is 4. The smallest absolute Gasteiger partial charge is 0.319 e. The molecule has 1 unspecified atom stereocenters. The van der Waals surface area contributed by atoms with Gasteiger partial charge in [0.1, 0.15) is 12.4 Å². The number of hydrogen-bond donors (Lipinski definition) is 2. The zero-order valence-electron chi connectivity index (χ0n) is 25.0. The monoisotopic (exact) mass is 612 g/mol. The van der Waals surface area contributed by atoms with E-state index in [1.165, 1.54) is 0 Å². The molecule has 2 heterocycles. The first kappa shape index (κ1) is 33.2. The van der Waals surface area contributed by atoms with E-state index in [0.717, 1.165) is 11.1 Å². The molecule has 4 rings (SSSR count). The quantitative estimate of drug-likeness (QED) is 0.202. The first-order valence-electron chi connectivity index (χ1n) is 13.7. The highest BCUT2D eigenvalue weighted by Crippen LogP contribution is 2.28. The van der Waals surface area contributed by atoms with E-state index >= 15 is 0 Å². The predicted molar refractivity (Wildman–Crippen MR) is 161 cm³/mol. The lowest BCUT2D eigenvalue weighted by atomic mass is 10.0. The van der Waals surface area contributed by atoms with Crippen LogP contribution in [0.25, 0.3) is 22.8 Å². The Morgan fingerprint density at radius 2 is 1.58 bits per heavy atom. The summed E-state index contributed by atoms with van der Waals surface area (Å²) in [6.07, 6.45) is 0.136. The van der Waals surface area contributed by atoms with Crippen molar-refractivity contribution in [3.63, 3.8) is 0 Å². The van der Waals surface area contributed by atoms with Gasteiger partial charge < -0.3 is 29.6 Å². The number of rotatable bonds is 12. The molecular formula is C30H37ClN6O6. The summed E-state index contributed by atoms with van der Waals surface area (Å²) in [5.74, 6) is 1.77. The van der Waals surface area contributed by atoms with Crippen LogP contribution < -0.4 is 15.8 Å². The van der Waals surface area contributed by atoms with E-state index in [1.807, 2.05) is 58.0 Å². The minimum absolute atomic E-state index is 0. The van der Waals surface area contributed by atoms with Crippen molar-refractivity contribution in [1.82, 2.24) is 25.6 Å². The summed E-state index contributed by atoms with van der Waals surface area (Å²) in [6.45, 7) is 11.1. The van der Waals surface area contributed by atoms with Crippen molar-refractivity contribution in [2.75, 3.05) is 13.2 Å². The van der Waals surface area contributed by atoms with Gasteiger partial charge in [-0.3, -0.25) is 9.59 Å². The molecule has 2 aromatic carbocycles. The van der Waals surface area contributed by atoms with Crippen molar-refractivity contribution in [2.45, 2.75) is 65.5 Å². The normalized spacial score (nSPS) is 12.0. The highest BCUT2D eigenvalue weighted by molar-refractivity contribution is 5.96. The maximum Gasteiger partial charge on any atom is 0.319 e. The van der Waals surface area contributed by atoms with Gasteiger partial charge in [0.25, 0.3) is 11.8 Å². The van der Waals surface area contributed by atoms with Crippen LogP contribution in [0.1, 0.15) is 80.8 Å². The molecule has 12 nitrogen and oxygen atoms in total. The van der Waals surface area contributed by atoms with Crippen molar-refractivity contribution in [3.8, 4) is 28.5 Å². The number of aromatic nitrogens is 4. The molecule has 13 heteroatoms. The number of hydrogen-bond acceptors (Lipinski definition) is 11. The highest BCUT2D eigenvalue weighted by Gasteiger charge is 2.25. The van der Waals surface area contributed by atoms with Crippen molar-refractivity contribution < 1.29 is 28.1 Å². The molecule has 0 aliphatic carbocycles. The molecule has 1 amide bonds. The van der Waals surface area contributed by atoms with Gasteiger partial charge in [0, 0.05) is 22.6 Å². The maximum atomic E-state index is 12.9. The molecule has 0 aliphatic heterocycles. The van der Waals surface area contributed by atoms with Crippen LogP contribution in [0.5, 0.6) is 5.75 Å². The Morgan fingerprint density at radius 1 is 0.977 bits per heavy atom. The standard InChI is InChI=1S/C30H36N6O6.ClH/c1-7-23(40-21-11-8-19(9-12-21)25-32-28(17(2)3)41-35-25)29-33-26(36-42-29)20-10-13-22(18(4)14-20)27(38)34-30(5,6)16-39-24(37)15-31;/h8-14,17,23H,7,15-16,31H2,1-6H3,(H,34,38);1H. The van der Waals surface area contributed by atoms with Gasteiger partial charge in [0.05, 0.1) is 12.1 Å². The van der Waals surface area contributed by atoms with Gasteiger partial charge in [0.15, 0.2) is 6.10 Å². The van der Waals surface area contributed by atoms with Gasteiger partial charge in [-0.2, -0.15) is 9.97 Å². The molecule has 2 aromatic heterocycles. The minimum Gasteiger partial charge on any atom is -0.481 e. The number of carbonyl (C=O) groups excluding carboxylic acids is 2. The molecule has 0 saturated carbocycles. The maximum absolute atomic E-state index is 12.9. The van der Waals surface area contributed by atoms with E-state index in [-0.39, 0.29) is 37.4 Å². The van der Waals surface area contributed by atoms with Gasteiger partial charge in [-0.15, -0.1) is 12.4 Å². The number of ether oxygens (including phenoxy) is 2. The Balaban J connectivity index is 0.00000506. The lowest BCUT2D eigenvalue weighted by molar-refractivity contribution is -0.143. The summed E-state index contributed by atoms with van der Waals surface area (Å²) in [7, 11) is 0. The Morgan fingerprint density at radius 3 is 2.16 bits per heavy atom. The highest BCUT2D eigenvalue weighted by atomic mass is 35.5. The second-order valence-electron chi connectivity index (χ2n) is 10.8. The topological polar surface area (TPSA) is 168 Å². The second kappa shape index (κ2) is 14.3. The van der Waals surface area contributed by atoms with Gasteiger partial charge in [-0.05, 0) is 69.2 Å². The number of nitrogens with one attached hydrogen (secondary N) is 1. The van der Waals surface area contributed by atoms with Gasteiger partial charge >= 0.3 is 5.97 Å². The Kier molecular flexibility index (Phi) is 11.0. The zero-order chi connectivity index (χ0) is 30.4. The fourth-order valence-corrected chi connectivity index (χ4v) is 4.01. The van der Waals surface area contributed by atoms with Gasteiger partial charge in [-0.1, -0.05) is 37.2 Å². The third-order valence-corrected chi connectivity index (χ3v) is 6.36. The molecule has 0 spiro atoms. The summed E-state index contributed by atoms with van der Waals surface area (Å²) in [5.41, 5.74) is 7.19. The summed E-state index contributed by atoms with van der Waals surface area (Å²) >= 11 is 0. The number of carbonyl (C=O) groups is 2. The number of amides is 1. The average Bonchev–Trinajstić information content (AvgIpc) is 3.66. The van der Waals surface area contributed by atoms with E-state index in [9.17, 15) is 9.59 Å². The third-order valence-electron chi connectivity index (χ3n) is 6.36. The first-order chi connectivity index (χ1) is 20.0. The van der Waals surface area contributed by atoms with E-state index < -0.39 is 17.6 Å². The zero-order valence-corrected chi connectivity index (χ0v) is 25.9. The number of halogens is 1. The molecule has 43 heavy (non-hydrogen) atoms. The number of benzene rings is 2. The summed E-state index contributed by atoms with van der Waals surface area (Å²) in [4.78, 5) is 33.3. The van der Waals surface area contributed by atoms with Crippen LogP contribution in [0.3, 0.4) is 0 Å². The number of nitrogens with two attached hydrogens (primary N) is 1. The molecule has 0 fully saturated rings. The van der Waals surface area contributed by atoms with Crippen LogP contribution in [0.15, 0.2) is 51.5 Å². The SMILES string of the molecule is CCC(Oc1ccc(-c2noc(C(C)C)n2)cc1)c1nc(-c2ccc(C(=O)NC(C)(C)COC(=O)CN)c(C)c2)no1.Cl. The van der Waals surface area contributed by atoms with Crippen molar-refractivity contribution in [2.24, 2.45) is 5.73 Å². The van der Waals surface area contributed by atoms with E-state index in [0.29, 0.717) is 46.7 Å². The molecule has 0 bridgehead atoms. The van der Waals surface area contributed by atoms with Crippen LogP contribution in [-0.4, -0.2) is 50.8 Å². The fourth-order valence-electron chi connectivity index (χ4n) is 4.01. The predicted octanol–water partition coefficient (Wildman–Crippen LogP) is 5.18. The van der Waals surface area contributed by atoms with Crippen LogP contribution in [0.2, 0.25) is 0 Å². The molecule has 230 valence electrons. The third kappa shape index (κ3) is 8.39. The second-order valence-corrected chi connectivity index (χ2v) is 10.8. The minimum atomic E-state index is -0.782. The molecule has 0 saturated heterocycles. The Hall–Kier alpha value is -4.29. The molecular weight excluding hydrogens is 576 g/mol. The molecule has 3 N–H and O–H groups in total. The van der Waals surface area contributed by atoms with Crippen LogP contribution in [0, 0.1) is 6.92 Å². The summed E-state index contributed by atoms with van der Waals surface area (Å²) < 4.78 is 22.1. The lowest BCUT2D eigenvalue weighted by Gasteiger charge is -2.26. The van der Waals surface area contributed by atoms with E-state index in [4.69, 9.17) is 24.3 Å². The van der Waals surface area contributed by atoms with Crippen molar-refractivity contribution in [3.05, 3.63) is 65.4 Å². The van der Waals surface area contributed by atoms with E-state index in [2.05, 4.69) is 25.6 Å². The molecule has 4 aromatic rings. The van der Waals surface area contributed by atoms with Crippen molar-refractivity contribution >= 4 is 24.3 Å². The molecule has 0 aliphatic rings. The first-order valence-corrected chi connectivity index (χ1v) is 13.7. The summed E-state index contributed by atoms with van der Waals surface area (Å²) in [5, 5.41) is 11.1. The van der Waals surface area contributed by atoms with Gasteiger partial charge in [-0.25, -0.2) is 0 Å². The van der Waals surface area contributed by atoms with Gasteiger partial charge in [0.2, 0.25) is 17.5 Å². The fraction of sp³-hybridized carbons (Fsp3) is 0.400. The average molecular weight is 613 g/mol. The molecule has 0 radical (unpaired) electrons. The largest absolute Gasteiger partial charge is 0.481 e. The lowest BCUT2D eigenvalue weighted by Crippen LogP contribution is -2.47. The summed E-state index contributed by atoms with van der Waals surface area (Å²) in [6, 6.07) is 12.7. The Labute approximate surface area is 256 Å². The van der Waals surface area contributed by atoms with Crippen LogP contribution in [-0.2, 0) is 9.53 Å². The molecule has 1 atom stereocenters. The number of esters is 1. The van der Waals surface area contributed by atoms with Crippen LogP contribution >= 0.6 is 12.4 Å². The van der Waals surface area contributed by atoms with Crippen molar-refractivity contribution in [1.29, 1.82) is 0 Å². The van der Waals surface area contributed by atoms with E-state index in [1.54, 1.807) is 26.0 Å².